The molecule has 108 valence electrons. The summed E-state index contributed by atoms with van der Waals surface area (Å²) in [4.78, 5) is 25.7. The Kier molecular flexibility index (Phi) is 5.14. The summed E-state index contributed by atoms with van der Waals surface area (Å²) >= 11 is 3.34. The van der Waals surface area contributed by atoms with Gasteiger partial charge in [0.2, 0.25) is 5.91 Å². The first-order valence-corrected chi connectivity index (χ1v) is 7.35. The molecule has 0 aliphatic carbocycles. The molecule has 1 atom stereocenters. The number of morpholine rings is 1. The summed E-state index contributed by atoms with van der Waals surface area (Å²) in [5.74, 6) is -0.501. The molecule has 1 aromatic carbocycles. The first kappa shape index (κ1) is 15.0. The van der Waals surface area contributed by atoms with Gasteiger partial charge in [-0.15, -0.1) is 0 Å². The van der Waals surface area contributed by atoms with E-state index in [1.54, 1.807) is 12.1 Å². The number of anilines is 1. The zero-order valence-electron chi connectivity index (χ0n) is 11.3. The summed E-state index contributed by atoms with van der Waals surface area (Å²) in [6.07, 6.45) is 0.114. The van der Waals surface area contributed by atoms with Gasteiger partial charge in [0.05, 0.1) is 6.42 Å². The molecule has 1 aliphatic rings. The summed E-state index contributed by atoms with van der Waals surface area (Å²) in [7, 11) is 0. The maximum atomic E-state index is 12.0. The average Bonchev–Trinajstić information content (AvgIpc) is 2.43. The number of carbonyl (C=O) groups is 2. The predicted octanol–water partition coefficient (Wildman–Crippen LogP) is 2.02. The Morgan fingerprint density at radius 2 is 2.15 bits per heavy atom. The van der Waals surface area contributed by atoms with E-state index in [2.05, 4.69) is 21.2 Å². The molecule has 0 radical (unpaired) electrons. The quantitative estimate of drug-likeness (QED) is 0.852. The minimum atomic E-state index is -0.482. The summed E-state index contributed by atoms with van der Waals surface area (Å²) in [5, 5.41) is 2.79. The molecule has 1 heterocycles. The van der Waals surface area contributed by atoms with E-state index >= 15 is 0 Å². The van der Waals surface area contributed by atoms with Gasteiger partial charge in [-0.1, -0.05) is 22.9 Å². The number of esters is 1. The van der Waals surface area contributed by atoms with Crippen LogP contribution >= 0.6 is 15.9 Å². The molecule has 0 spiro atoms. The van der Waals surface area contributed by atoms with Crippen LogP contribution < -0.4 is 5.32 Å². The molecule has 1 aromatic rings. The van der Waals surface area contributed by atoms with Crippen LogP contribution in [-0.4, -0.2) is 42.5 Å². The molecule has 1 amide bonds. The average molecular weight is 341 g/mol. The topological polar surface area (TPSA) is 58.6 Å². The van der Waals surface area contributed by atoms with Crippen molar-refractivity contribution < 1.29 is 14.3 Å². The zero-order valence-corrected chi connectivity index (χ0v) is 12.9. The van der Waals surface area contributed by atoms with Gasteiger partial charge < -0.3 is 10.1 Å². The largest absolute Gasteiger partial charge is 0.463 e. The molecular formula is C14H17BrN2O3. The lowest BCUT2D eigenvalue weighted by atomic mass is 10.1. The van der Waals surface area contributed by atoms with Crippen LogP contribution in [0.4, 0.5) is 5.69 Å². The second-order valence-corrected chi connectivity index (χ2v) is 5.49. The van der Waals surface area contributed by atoms with Crippen molar-refractivity contribution >= 4 is 33.5 Å². The number of halogens is 1. The van der Waals surface area contributed by atoms with Gasteiger partial charge in [0, 0.05) is 16.7 Å². The Morgan fingerprint density at radius 1 is 1.45 bits per heavy atom. The van der Waals surface area contributed by atoms with E-state index in [0.29, 0.717) is 18.8 Å². The smallest absolute Gasteiger partial charge is 0.323 e. The molecule has 20 heavy (non-hydrogen) atoms. The summed E-state index contributed by atoms with van der Waals surface area (Å²) in [5.41, 5.74) is 0.713. The Morgan fingerprint density at radius 3 is 2.80 bits per heavy atom. The Balaban J connectivity index is 1.95. The highest BCUT2D eigenvalue weighted by Gasteiger charge is 2.32. The molecule has 1 fully saturated rings. The number of likely N-dealkylation sites (N-methyl/N-ethyl adjacent to an activating group) is 1. The van der Waals surface area contributed by atoms with Crippen molar-refractivity contribution in [3.63, 3.8) is 0 Å². The van der Waals surface area contributed by atoms with Gasteiger partial charge in [-0.25, -0.2) is 0 Å². The summed E-state index contributed by atoms with van der Waals surface area (Å²) < 4.78 is 5.97. The number of carbonyl (C=O) groups excluding carboxylic acids is 2. The molecule has 0 aromatic heterocycles. The Bertz CT molecular complexity index is 490. The fourth-order valence-electron chi connectivity index (χ4n) is 2.18. The molecular weight excluding hydrogens is 324 g/mol. The second-order valence-electron chi connectivity index (χ2n) is 4.57. The van der Waals surface area contributed by atoms with Crippen LogP contribution in [-0.2, 0) is 14.3 Å². The van der Waals surface area contributed by atoms with Crippen LogP contribution in [0.2, 0.25) is 0 Å². The molecule has 1 saturated heterocycles. The van der Waals surface area contributed by atoms with Crippen molar-refractivity contribution in [2.75, 3.05) is 25.0 Å². The van der Waals surface area contributed by atoms with Crippen molar-refractivity contribution in [3.8, 4) is 0 Å². The minimum Gasteiger partial charge on any atom is -0.463 e. The standard InChI is InChI=1S/C14H17BrN2O3/c1-2-17-7-8-20-14(19)12(17)9-13(18)16-11-5-3-10(15)4-6-11/h3-6,12H,2,7-9H2,1H3,(H,16,18)/t12-/m0/s1. The van der Waals surface area contributed by atoms with Crippen LogP contribution in [0.3, 0.4) is 0 Å². The third-order valence-electron chi connectivity index (χ3n) is 3.25. The maximum absolute atomic E-state index is 12.0. The van der Waals surface area contributed by atoms with Crippen molar-refractivity contribution in [2.24, 2.45) is 0 Å². The Hall–Kier alpha value is -1.40. The number of nitrogens with zero attached hydrogens (tertiary/aromatic N) is 1. The van der Waals surface area contributed by atoms with Gasteiger partial charge >= 0.3 is 5.97 Å². The number of rotatable bonds is 4. The molecule has 1 N–H and O–H groups in total. The lowest BCUT2D eigenvalue weighted by Crippen LogP contribution is -2.50. The lowest BCUT2D eigenvalue weighted by molar-refractivity contribution is -0.158. The van der Waals surface area contributed by atoms with Crippen LogP contribution in [0.5, 0.6) is 0 Å². The van der Waals surface area contributed by atoms with Crippen molar-refractivity contribution in [1.82, 2.24) is 4.90 Å². The predicted molar refractivity (Wildman–Crippen MR) is 79.4 cm³/mol. The highest BCUT2D eigenvalue weighted by atomic mass is 79.9. The monoisotopic (exact) mass is 340 g/mol. The van der Waals surface area contributed by atoms with E-state index in [-0.39, 0.29) is 18.3 Å². The first-order chi connectivity index (χ1) is 9.60. The number of hydrogen-bond donors (Lipinski definition) is 1. The van der Waals surface area contributed by atoms with Crippen molar-refractivity contribution in [2.45, 2.75) is 19.4 Å². The van der Waals surface area contributed by atoms with E-state index in [1.807, 2.05) is 24.0 Å². The SMILES string of the molecule is CCN1CCOC(=O)[C@@H]1CC(=O)Nc1ccc(Br)cc1. The molecule has 5 nitrogen and oxygen atoms in total. The number of benzene rings is 1. The zero-order chi connectivity index (χ0) is 14.5. The van der Waals surface area contributed by atoms with Gasteiger partial charge in [0.25, 0.3) is 0 Å². The number of amides is 1. The summed E-state index contributed by atoms with van der Waals surface area (Å²) in [6.45, 7) is 3.78. The van der Waals surface area contributed by atoms with Gasteiger partial charge in [0.15, 0.2) is 0 Å². The minimum absolute atomic E-state index is 0.114. The van der Waals surface area contributed by atoms with Gasteiger partial charge in [-0.3, -0.25) is 14.5 Å². The Labute approximate surface area is 126 Å². The summed E-state index contributed by atoms with van der Waals surface area (Å²) in [6, 6.07) is 6.83. The molecule has 0 bridgehead atoms. The normalized spacial score (nSPS) is 19.5. The highest BCUT2D eigenvalue weighted by molar-refractivity contribution is 9.10. The number of ether oxygens (including phenoxy) is 1. The lowest BCUT2D eigenvalue weighted by Gasteiger charge is -2.32. The van der Waals surface area contributed by atoms with E-state index in [1.165, 1.54) is 0 Å². The second kappa shape index (κ2) is 6.85. The van der Waals surface area contributed by atoms with Crippen LogP contribution in [0.15, 0.2) is 28.7 Å². The van der Waals surface area contributed by atoms with Crippen LogP contribution in [0, 0.1) is 0 Å². The number of hydrogen-bond acceptors (Lipinski definition) is 4. The van der Waals surface area contributed by atoms with Crippen LogP contribution in [0.1, 0.15) is 13.3 Å². The molecule has 2 rings (SSSR count). The fourth-order valence-corrected chi connectivity index (χ4v) is 2.44. The third-order valence-corrected chi connectivity index (χ3v) is 3.78. The number of cyclic esters (lactones) is 1. The molecule has 0 saturated carbocycles. The van der Waals surface area contributed by atoms with E-state index in [9.17, 15) is 9.59 Å². The third kappa shape index (κ3) is 3.80. The molecule has 1 aliphatic heterocycles. The van der Waals surface area contributed by atoms with Crippen molar-refractivity contribution in [1.29, 1.82) is 0 Å². The fraction of sp³-hybridized carbons (Fsp3) is 0.429. The van der Waals surface area contributed by atoms with Gasteiger partial charge in [-0.2, -0.15) is 0 Å². The van der Waals surface area contributed by atoms with Crippen LogP contribution in [0.25, 0.3) is 0 Å². The van der Waals surface area contributed by atoms with E-state index in [0.717, 1.165) is 11.0 Å². The van der Waals surface area contributed by atoms with Gasteiger partial charge in [0.1, 0.15) is 12.6 Å². The first-order valence-electron chi connectivity index (χ1n) is 6.56. The highest BCUT2D eigenvalue weighted by Crippen LogP contribution is 2.16. The van der Waals surface area contributed by atoms with E-state index < -0.39 is 6.04 Å². The van der Waals surface area contributed by atoms with Gasteiger partial charge in [-0.05, 0) is 30.8 Å². The van der Waals surface area contributed by atoms with E-state index in [4.69, 9.17) is 4.74 Å². The molecule has 6 heteroatoms. The molecule has 0 unspecified atom stereocenters. The number of nitrogens with one attached hydrogen (secondary N) is 1. The maximum Gasteiger partial charge on any atom is 0.323 e. The van der Waals surface area contributed by atoms with Crippen molar-refractivity contribution in [3.05, 3.63) is 28.7 Å².